The zero-order chi connectivity index (χ0) is 15.8. The highest BCUT2D eigenvalue weighted by Gasteiger charge is 1.89. The van der Waals surface area contributed by atoms with Gasteiger partial charge in [0.15, 0.2) is 0 Å². The summed E-state index contributed by atoms with van der Waals surface area (Å²) in [4.78, 5) is 0. The van der Waals surface area contributed by atoms with Crippen molar-refractivity contribution >= 4 is 0 Å². The van der Waals surface area contributed by atoms with E-state index in [9.17, 15) is 0 Å². The van der Waals surface area contributed by atoms with Crippen LogP contribution in [-0.4, -0.2) is 27.5 Å². The molecule has 0 unspecified atom stereocenters. The Bertz CT molecular complexity index is 404. The van der Waals surface area contributed by atoms with Crippen LogP contribution in [0, 0.1) is 13.8 Å². The Labute approximate surface area is 122 Å². The first-order valence-corrected chi connectivity index (χ1v) is 6.80. The van der Waals surface area contributed by atoms with Gasteiger partial charge in [-0.3, -0.25) is 0 Å². The third-order valence-corrected chi connectivity index (χ3v) is 1.71. The fraction of sp³-hybridized carbons (Fsp3) is 0.467. The fourth-order valence-electron chi connectivity index (χ4n) is 0.852. The first kappa shape index (κ1) is 20.3. The zero-order valence-electron chi connectivity index (χ0n) is 13.6. The molecule has 0 saturated heterocycles. The van der Waals surface area contributed by atoms with Gasteiger partial charge < -0.3 is 4.74 Å². The highest BCUT2D eigenvalue weighted by Crippen LogP contribution is 2.01. The molecule has 2 aromatic rings. The molecule has 2 heterocycles. The minimum atomic E-state index is 0.556. The molecule has 2 rings (SSSR count). The highest BCUT2D eigenvalue weighted by molar-refractivity contribution is 5.09. The van der Waals surface area contributed by atoms with Gasteiger partial charge >= 0.3 is 0 Å². The van der Waals surface area contributed by atoms with Crippen molar-refractivity contribution < 1.29 is 4.74 Å². The van der Waals surface area contributed by atoms with Crippen LogP contribution in [0.3, 0.4) is 0 Å². The highest BCUT2D eigenvalue weighted by atomic mass is 16.5. The van der Waals surface area contributed by atoms with Gasteiger partial charge in [0.25, 0.3) is 0 Å². The van der Waals surface area contributed by atoms with Crippen molar-refractivity contribution in [3.8, 4) is 5.88 Å². The number of hydrogen-bond donors (Lipinski definition) is 0. The van der Waals surface area contributed by atoms with Crippen LogP contribution in [-0.2, 0) is 0 Å². The zero-order valence-corrected chi connectivity index (χ0v) is 13.6. The molecule has 0 aromatic carbocycles. The predicted octanol–water partition coefficient (Wildman–Crippen LogP) is 3.63. The first-order valence-electron chi connectivity index (χ1n) is 6.80. The summed E-state index contributed by atoms with van der Waals surface area (Å²) < 4.78 is 4.80. The SMILES string of the molecule is CC.CC.COc1ccc(C)nn1.Cc1ccnnc1. The second kappa shape index (κ2) is 15.0. The second-order valence-corrected chi connectivity index (χ2v) is 3.14. The fourth-order valence-corrected chi connectivity index (χ4v) is 0.852. The molecule has 0 fully saturated rings. The molecule has 0 atom stereocenters. The lowest BCUT2D eigenvalue weighted by atomic mass is 10.4. The van der Waals surface area contributed by atoms with Crippen LogP contribution in [0.2, 0.25) is 0 Å². The van der Waals surface area contributed by atoms with Crippen LogP contribution < -0.4 is 4.74 Å². The Morgan fingerprint density at radius 1 is 0.850 bits per heavy atom. The lowest BCUT2D eigenvalue weighted by molar-refractivity contribution is 0.391. The topological polar surface area (TPSA) is 60.8 Å². The molecule has 5 nitrogen and oxygen atoms in total. The van der Waals surface area contributed by atoms with E-state index < -0.39 is 0 Å². The van der Waals surface area contributed by atoms with Gasteiger partial charge in [0.2, 0.25) is 5.88 Å². The molecule has 0 saturated carbocycles. The van der Waals surface area contributed by atoms with E-state index >= 15 is 0 Å². The normalized spacial score (nSPS) is 7.75. The van der Waals surface area contributed by atoms with Crippen LogP contribution >= 0.6 is 0 Å². The summed E-state index contributed by atoms with van der Waals surface area (Å²) in [6.45, 7) is 11.9. The van der Waals surface area contributed by atoms with Crippen LogP contribution in [0.15, 0.2) is 30.6 Å². The Kier molecular flexibility index (Phi) is 15.2. The lowest BCUT2D eigenvalue weighted by Crippen LogP contribution is -1.90. The van der Waals surface area contributed by atoms with Crippen molar-refractivity contribution in [2.24, 2.45) is 0 Å². The summed E-state index contributed by atoms with van der Waals surface area (Å²) in [5.74, 6) is 0.556. The molecule has 0 N–H and O–H groups in total. The van der Waals surface area contributed by atoms with E-state index in [4.69, 9.17) is 4.74 Å². The molecule has 5 heteroatoms. The quantitative estimate of drug-likeness (QED) is 0.797. The Balaban J connectivity index is 0. The minimum absolute atomic E-state index is 0.556. The van der Waals surface area contributed by atoms with Gasteiger partial charge in [-0.05, 0) is 31.5 Å². The third kappa shape index (κ3) is 11.1. The maximum Gasteiger partial charge on any atom is 0.233 e. The number of nitrogens with zero attached hydrogens (tertiary/aromatic N) is 4. The maximum atomic E-state index is 4.80. The first-order chi connectivity index (χ1) is 9.72. The molecule has 0 aliphatic heterocycles. The van der Waals surface area contributed by atoms with Gasteiger partial charge in [0.1, 0.15) is 0 Å². The third-order valence-electron chi connectivity index (χ3n) is 1.71. The van der Waals surface area contributed by atoms with Gasteiger partial charge in [-0.1, -0.05) is 27.7 Å². The largest absolute Gasteiger partial charge is 0.480 e. The summed E-state index contributed by atoms with van der Waals surface area (Å²) in [5.41, 5.74) is 2.05. The number of aryl methyl sites for hydroxylation is 2. The Morgan fingerprint density at radius 3 is 1.80 bits per heavy atom. The number of ether oxygens (including phenoxy) is 1. The maximum absolute atomic E-state index is 4.80. The standard InChI is InChI=1S/C6H8N2O.C5H6N2.2C2H6/c1-5-3-4-6(9-2)8-7-5;1-5-2-3-6-7-4-5;2*1-2/h3-4H,1-2H3;2-4H,1H3;2*1-2H3. The molecular weight excluding hydrogens is 252 g/mol. The summed E-state index contributed by atoms with van der Waals surface area (Å²) >= 11 is 0. The van der Waals surface area contributed by atoms with Gasteiger partial charge in [-0.2, -0.15) is 15.3 Å². The van der Waals surface area contributed by atoms with Crippen molar-refractivity contribution in [1.82, 2.24) is 20.4 Å². The van der Waals surface area contributed by atoms with Crippen molar-refractivity contribution in [1.29, 1.82) is 0 Å². The van der Waals surface area contributed by atoms with E-state index in [1.807, 2.05) is 53.7 Å². The Hall–Kier alpha value is -2.04. The number of rotatable bonds is 1. The van der Waals surface area contributed by atoms with Crippen molar-refractivity contribution in [2.45, 2.75) is 41.5 Å². The molecule has 0 spiro atoms. The number of hydrogen-bond acceptors (Lipinski definition) is 5. The van der Waals surface area contributed by atoms with Gasteiger partial charge in [0.05, 0.1) is 19.0 Å². The summed E-state index contributed by atoms with van der Waals surface area (Å²) in [5, 5.41) is 14.7. The molecule has 0 amide bonds. The van der Waals surface area contributed by atoms with Crippen molar-refractivity contribution in [2.75, 3.05) is 7.11 Å². The molecule has 0 aliphatic rings. The van der Waals surface area contributed by atoms with E-state index in [2.05, 4.69) is 20.4 Å². The Morgan fingerprint density at radius 2 is 1.50 bits per heavy atom. The molecule has 2 aromatic heterocycles. The smallest absolute Gasteiger partial charge is 0.233 e. The minimum Gasteiger partial charge on any atom is -0.480 e. The molecule has 112 valence electrons. The summed E-state index contributed by atoms with van der Waals surface area (Å²) in [6.07, 6.45) is 3.40. The van der Waals surface area contributed by atoms with Crippen LogP contribution in [0.1, 0.15) is 39.0 Å². The number of methoxy groups -OCH3 is 1. The van der Waals surface area contributed by atoms with E-state index in [1.54, 1.807) is 25.6 Å². The van der Waals surface area contributed by atoms with Crippen LogP contribution in [0.4, 0.5) is 0 Å². The second-order valence-electron chi connectivity index (χ2n) is 3.14. The van der Waals surface area contributed by atoms with Gasteiger partial charge in [-0.25, -0.2) is 0 Å². The predicted molar refractivity (Wildman–Crippen MR) is 82.8 cm³/mol. The summed E-state index contributed by atoms with van der Waals surface area (Å²) in [7, 11) is 1.57. The van der Waals surface area contributed by atoms with E-state index in [0.717, 1.165) is 11.3 Å². The van der Waals surface area contributed by atoms with Gasteiger partial charge in [0, 0.05) is 12.3 Å². The monoisotopic (exact) mass is 278 g/mol. The molecule has 0 radical (unpaired) electrons. The molecule has 0 aliphatic carbocycles. The number of aromatic nitrogens is 4. The van der Waals surface area contributed by atoms with E-state index in [-0.39, 0.29) is 0 Å². The van der Waals surface area contributed by atoms with Crippen molar-refractivity contribution in [3.05, 3.63) is 41.9 Å². The average Bonchev–Trinajstić information content (AvgIpc) is 2.53. The van der Waals surface area contributed by atoms with E-state index in [1.165, 1.54) is 0 Å². The molecule has 0 bridgehead atoms. The van der Waals surface area contributed by atoms with Gasteiger partial charge in [-0.15, -0.1) is 5.10 Å². The molecular formula is C15H26N4O. The van der Waals surface area contributed by atoms with E-state index in [0.29, 0.717) is 5.88 Å². The molecule has 20 heavy (non-hydrogen) atoms. The lowest BCUT2D eigenvalue weighted by Gasteiger charge is -1.94. The summed E-state index contributed by atoms with van der Waals surface area (Å²) in [6, 6.07) is 5.54. The van der Waals surface area contributed by atoms with Crippen LogP contribution in [0.25, 0.3) is 0 Å². The van der Waals surface area contributed by atoms with Crippen LogP contribution in [0.5, 0.6) is 5.88 Å². The van der Waals surface area contributed by atoms with Crippen molar-refractivity contribution in [3.63, 3.8) is 0 Å². The average molecular weight is 278 g/mol.